The van der Waals surface area contributed by atoms with Crippen LogP contribution in [0.5, 0.6) is 0 Å². The van der Waals surface area contributed by atoms with Gasteiger partial charge in [-0.25, -0.2) is 9.78 Å². The smallest absolute Gasteiger partial charge is 0.384 e. The van der Waals surface area contributed by atoms with E-state index in [9.17, 15) is 4.79 Å². The van der Waals surface area contributed by atoms with E-state index in [-0.39, 0.29) is 0 Å². The molecule has 0 bridgehead atoms. The van der Waals surface area contributed by atoms with Gasteiger partial charge in [0.1, 0.15) is 0 Å². The summed E-state index contributed by atoms with van der Waals surface area (Å²) in [6, 6.07) is 0.347. The number of rotatable bonds is 3. The molecule has 0 N–H and O–H groups in total. The first-order valence-corrected chi connectivity index (χ1v) is 4.78. The minimum atomic E-state index is -0.481. The molecular formula is C11H14N2O2. The molecule has 0 fully saturated rings. The van der Waals surface area contributed by atoms with Crippen molar-refractivity contribution in [2.75, 3.05) is 7.11 Å². The van der Waals surface area contributed by atoms with Crippen LogP contribution in [0.4, 0.5) is 0 Å². The molecule has 1 aromatic rings. The van der Waals surface area contributed by atoms with Gasteiger partial charge in [0.2, 0.25) is 0 Å². The molecule has 0 aliphatic heterocycles. The zero-order valence-electron chi connectivity index (χ0n) is 8.93. The standard InChI is InChI=1S/C11H14N2O2/c1-10(13-8-7-12-9-13)5-3-4-6-11(14)15-2/h7-10H,3,5H2,1-2H3. The predicted octanol–water partition coefficient (Wildman–Crippen LogP) is 1.40. The maximum Gasteiger partial charge on any atom is 0.384 e. The number of hydrogen-bond acceptors (Lipinski definition) is 3. The van der Waals surface area contributed by atoms with Crippen molar-refractivity contribution < 1.29 is 9.53 Å². The van der Waals surface area contributed by atoms with E-state index in [2.05, 4.69) is 28.5 Å². The van der Waals surface area contributed by atoms with Crippen LogP contribution in [0, 0.1) is 11.8 Å². The monoisotopic (exact) mass is 206 g/mol. The van der Waals surface area contributed by atoms with E-state index < -0.39 is 5.97 Å². The second kappa shape index (κ2) is 5.86. The largest absolute Gasteiger partial charge is 0.459 e. The fourth-order valence-electron chi connectivity index (χ4n) is 1.15. The molecule has 0 aromatic carbocycles. The molecule has 4 heteroatoms. The molecule has 0 aliphatic rings. The first kappa shape index (κ1) is 11.3. The number of carbonyl (C=O) groups is 1. The molecule has 1 unspecified atom stereocenters. The van der Waals surface area contributed by atoms with Gasteiger partial charge in [0.05, 0.1) is 13.4 Å². The number of aromatic nitrogens is 2. The minimum Gasteiger partial charge on any atom is -0.459 e. The minimum absolute atomic E-state index is 0.347. The molecule has 1 atom stereocenters. The van der Waals surface area contributed by atoms with Crippen LogP contribution in [0.3, 0.4) is 0 Å². The van der Waals surface area contributed by atoms with Crippen LogP contribution in [0.25, 0.3) is 0 Å². The first-order chi connectivity index (χ1) is 7.24. The highest BCUT2D eigenvalue weighted by molar-refractivity contribution is 5.88. The van der Waals surface area contributed by atoms with Crippen LogP contribution in [0.15, 0.2) is 18.7 Å². The molecule has 15 heavy (non-hydrogen) atoms. The third kappa shape index (κ3) is 3.86. The molecule has 0 radical (unpaired) electrons. The number of ether oxygens (including phenoxy) is 1. The summed E-state index contributed by atoms with van der Waals surface area (Å²) in [6.07, 6.45) is 7.00. The fraction of sp³-hybridized carbons (Fsp3) is 0.455. The number of hydrogen-bond donors (Lipinski definition) is 0. The Morgan fingerprint density at radius 1 is 1.67 bits per heavy atom. The van der Waals surface area contributed by atoms with Crippen LogP contribution in [-0.4, -0.2) is 22.6 Å². The predicted molar refractivity (Wildman–Crippen MR) is 56.0 cm³/mol. The van der Waals surface area contributed by atoms with Gasteiger partial charge in [-0.05, 0) is 13.3 Å². The molecule has 1 heterocycles. The summed E-state index contributed by atoms with van der Waals surface area (Å²) in [5.41, 5.74) is 0. The highest BCUT2D eigenvalue weighted by atomic mass is 16.5. The van der Waals surface area contributed by atoms with Gasteiger partial charge in [0, 0.05) is 30.8 Å². The summed E-state index contributed by atoms with van der Waals surface area (Å²) >= 11 is 0. The number of carbonyl (C=O) groups excluding carboxylic acids is 1. The number of esters is 1. The van der Waals surface area contributed by atoms with Gasteiger partial charge in [-0.15, -0.1) is 0 Å². The lowest BCUT2D eigenvalue weighted by atomic mass is 10.2. The zero-order valence-corrected chi connectivity index (χ0v) is 8.93. The van der Waals surface area contributed by atoms with Crippen LogP contribution >= 0.6 is 0 Å². The normalized spacial score (nSPS) is 11.3. The highest BCUT2D eigenvalue weighted by Crippen LogP contribution is 2.10. The van der Waals surface area contributed by atoms with E-state index in [4.69, 9.17) is 0 Å². The molecule has 4 nitrogen and oxygen atoms in total. The Bertz CT molecular complexity index is 360. The van der Waals surface area contributed by atoms with Crippen molar-refractivity contribution in [2.45, 2.75) is 25.8 Å². The molecule has 80 valence electrons. The summed E-state index contributed by atoms with van der Waals surface area (Å²) in [7, 11) is 1.32. The number of methoxy groups -OCH3 is 1. The van der Waals surface area contributed by atoms with Crippen LogP contribution in [0.2, 0.25) is 0 Å². The Labute approximate surface area is 89.3 Å². The van der Waals surface area contributed by atoms with Crippen molar-refractivity contribution in [2.24, 2.45) is 0 Å². The highest BCUT2D eigenvalue weighted by Gasteiger charge is 2.01. The Hall–Kier alpha value is -1.76. The summed E-state index contributed by atoms with van der Waals surface area (Å²) in [6.45, 7) is 2.08. The summed E-state index contributed by atoms with van der Waals surface area (Å²) in [4.78, 5) is 14.6. The fourth-order valence-corrected chi connectivity index (χ4v) is 1.15. The molecule has 1 rings (SSSR count). The molecule has 0 aliphatic carbocycles. The van der Waals surface area contributed by atoms with Gasteiger partial charge in [0.25, 0.3) is 0 Å². The first-order valence-electron chi connectivity index (χ1n) is 4.78. The Morgan fingerprint density at radius 3 is 3.07 bits per heavy atom. The SMILES string of the molecule is COC(=O)C#CCCC(C)n1ccnc1. The third-order valence-corrected chi connectivity index (χ3v) is 2.10. The van der Waals surface area contributed by atoms with Crippen LogP contribution in [0.1, 0.15) is 25.8 Å². The third-order valence-electron chi connectivity index (χ3n) is 2.10. The van der Waals surface area contributed by atoms with Gasteiger partial charge < -0.3 is 9.30 Å². The average Bonchev–Trinajstić information content (AvgIpc) is 2.77. The topological polar surface area (TPSA) is 44.1 Å². The van der Waals surface area contributed by atoms with Gasteiger partial charge in [0.15, 0.2) is 0 Å². The van der Waals surface area contributed by atoms with E-state index in [1.807, 2.05) is 10.8 Å². The van der Waals surface area contributed by atoms with E-state index in [0.29, 0.717) is 12.5 Å². The van der Waals surface area contributed by atoms with Crippen molar-refractivity contribution in [3.8, 4) is 11.8 Å². The number of nitrogens with zero attached hydrogens (tertiary/aromatic N) is 2. The van der Waals surface area contributed by atoms with Gasteiger partial charge in [-0.2, -0.15) is 0 Å². The van der Waals surface area contributed by atoms with E-state index in [1.54, 1.807) is 12.5 Å². The second-order valence-corrected chi connectivity index (χ2v) is 3.19. The molecule has 0 saturated heterocycles. The maximum atomic E-state index is 10.7. The second-order valence-electron chi connectivity index (χ2n) is 3.19. The molecule has 0 spiro atoms. The zero-order chi connectivity index (χ0) is 11.1. The van der Waals surface area contributed by atoms with Crippen molar-refractivity contribution in [3.63, 3.8) is 0 Å². The lowest BCUT2D eigenvalue weighted by molar-refractivity contribution is -0.133. The molecule has 1 aromatic heterocycles. The summed E-state index contributed by atoms with van der Waals surface area (Å²) in [5, 5.41) is 0. The van der Waals surface area contributed by atoms with Gasteiger partial charge in [-0.3, -0.25) is 0 Å². The Kier molecular flexibility index (Phi) is 4.42. The average molecular weight is 206 g/mol. The van der Waals surface area contributed by atoms with Crippen LogP contribution < -0.4 is 0 Å². The van der Waals surface area contributed by atoms with Crippen molar-refractivity contribution in [1.29, 1.82) is 0 Å². The summed E-state index contributed by atoms with van der Waals surface area (Å²) in [5.74, 6) is 4.69. The van der Waals surface area contributed by atoms with Crippen molar-refractivity contribution >= 4 is 5.97 Å². The van der Waals surface area contributed by atoms with Crippen LogP contribution in [-0.2, 0) is 9.53 Å². The molecule has 0 saturated carbocycles. The molecular weight excluding hydrogens is 192 g/mol. The van der Waals surface area contributed by atoms with Crippen molar-refractivity contribution in [3.05, 3.63) is 18.7 Å². The Morgan fingerprint density at radius 2 is 2.47 bits per heavy atom. The summed E-state index contributed by atoms with van der Waals surface area (Å²) < 4.78 is 6.42. The van der Waals surface area contributed by atoms with Crippen molar-refractivity contribution in [1.82, 2.24) is 9.55 Å². The quantitative estimate of drug-likeness (QED) is 0.426. The van der Waals surface area contributed by atoms with Gasteiger partial charge in [-0.1, -0.05) is 5.92 Å². The van der Waals surface area contributed by atoms with E-state index in [0.717, 1.165) is 6.42 Å². The number of imidazole rings is 1. The maximum absolute atomic E-state index is 10.7. The lowest BCUT2D eigenvalue weighted by Crippen LogP contribution is -2.01. The Balaban J connectivity index is 2.31. The van der Waals surface area contributed by atoms with Gasteiger partial charge >= 0.3 is 5.97 Å². The lowest BCUT2D eigenvalue weighted by Gasteiger charge is -2.09. The van der Waals surface area contributed by atoms with E-state index in [1.165, 1.54) is 7.11 Å². The van der Waals surface area contributed by atoms with E-state index >= 15 is 0 Å². The molecule has 0 amide bonds.